The van der Waals surface area contributed by atoms with Crippen molar-refractivity contribution in [3.63, 3.8) is 0 Å². The molecule has 0 heterocycles. The van der Waals surface area contributed by atoms with E-state index in [1.807, 2.05) is 13.0 Å². The van der Waals surface area contributed by atoms with E-state index in [2.05, 4.69) is 36.5 Å². The number of anilines is 1. The number of benzene rings is 1. The van der Waals surface area contributed by atoms with Crippen LogP contribution in [0.25, 0.3) is 0 Å². The Hall–Kier alpha value is -3.41. The zero-order valence-electron chi connectivity index (χ0n) is 25.2. The fraction of sp³-hybridized carbons (Fsp3) is 0.594. The summed E-state index contributed by atoms with van der Waals surface area (Å²) in [6.45, 7) is 6.20. The molecule has 7 atom stereocenters. The first kappa shape index (κ1) is 31.0. The SMILES string of the molecule is COC(=O)C(Cc1ccc([O-])c(N(O)O)c1)NC(=O)CON=C1C=CC2(C)C(=C1)CCC1C2CCC2(C)C1CCC2(C)O. The van der Waals surface area contributed by atoms with Gasteiger partial charge in [0.15, 0.2) is 6.61 Å². The summed E-state index contributed by atoms with van der Waals surface area (Å²) in [5.74, 6) is -0.302. The number of ether oxygens (including phenoxy) is 1. The zero-order valence-corrected chi connectivity index (χ0v) is 25.2. The van der Waals surface area contributed by atoms with E-state index in [0.717, 1.165) is 44.6 Å². The van der Waals surface area contributed by atoms with E-state index >= 15 is 0 Å². The Bertz CT molecular complexity index is 1350. The highest BCUT2D eigenvalue weighted by Crippen LogP contribution is 2.66. The molecule has 43 heavy (non-hydrogen) atoms. The number of hydrogen-bond donors (Lipinski definition) is 4. The molecule has 0 bridgehead atoms. The number of esters is 1. The molecule has 5 rings (SSSR count). The van der Waals surface area contributed by atoms with Crippen molar-refractivity contribution in [1.29, 1.82) is 0 Å². The van der Waals surface area contributed by atoms with Crippen molar-refractivity contribution in [3.05, 3.63) is 47.6 Å². The number of methoxy groups -OCH3 is 1. The van der Waals surface area contributed by atoms with Gasteiger partial charge in [0.2, 0.25) is 0 Å². The highest BCUT2D eigenvalue weighted by atomic mass is 16.8. The second-order valence-electron chi connectivity index (χ2n) is 13.2. The summed E-state index contributed by atoms with van der Waals surface area (Å²) >= 11 is 0. The fourth-order valence-corrected chi connectivity index (χ4v) is 8.33. The first-order valence-electron chi connectivity index (χ1n) is 15.0. The molecule has 234 valence electrons. The molecule has 11 heteroatoms. The van der Waals surface area contributed by atoms with Gasteiger partial charge in [-0.15, -0.1) is 5.23 Å². The maximum absolute atomic E-state index is 12.6. The Kier molecular flexibility index (Phi) is 8.36. The molecule has 0 aromatic heterocycles. The van der Waals surface area contributed by atoms with Gasteiger partial charge in [-0.25, -0.2) is 4.79 Å². The van der Waals surface area contributed by atoms with Crippen LogP contribution in [0.4, 0.5) is 5.69 Å². The van der Waals surface area contributed by atoms with Crippen molar-refractivity contribution in [2.24, 2.45) is 33.7 Å². The molecule has 4 aliphatic rings. The van der Waals surface area contributed by atoms with Crippen LogP contribution < -0.4 is 15.6 Å². The number of rotatable bonds is 8. The molecule has 1 aromatic rings. The lowest BCUT2D eigenvalue weighted by atomic mass is 9.47. The average molecular weight is 597 g/mol. The van der Waals surface area contributed by atoms with Crippen LogP contribution in [0.1, 0.15) is 64.9 Å². The van der Waals surface area contributed by atoms with E-state index < -0.39 is 35.9 Å². The maximum atomic E-state index is 12.6. The molecular weight excluding hydrogens is 554 g/mol. The van der Waals surface area contributed by atoms with Crippen molar-refractivity contribution in [2.75, 3.05) is 18.9 Å². The number of aliphatic hydroxyl groups is 1. The van der Waals surface area contributed by atoms with Gasteiger partial charge in [-0.2, -0.15) is 0 Å². The maximum Gasteiger partial charge on any atom is 0.328 e. The van der Waals surface area contributed by atoms with Gasteiger partial charge in [0.05, 0.1) is 18.4 Å². The Morgan fingerprint density at radius 1 is 1.16 bits per heavy atom. The highest BCUT2D eigenvalue weighted by molar-refractivity contribution is 6.05. The molecule has 3 saturated carbocycles. The van der Waals surface area contributed by atoms with Crippen LogP contribution in [-0.2, 0) is 25.6 Å². The molecular formula is C32H42N3O8-. The van der Waals surface area contributed by atoms with E-state index in [-0.39, 0.29) is 28.2 Å². The molecule has 1 aromatic carbocycles. The van der Waals surface area contributed by atoms with E-state index in [0.29, 0.717) is 29.0 Å². The van der Waals surface area contributed by atoms with Crippen molar-refractivity contribution in [2.45, 2.75) is 77.4 Å². The van der Waals surface area contributed by atoms with Crippen LogP contribution in [-0.4, -0.2) is 58.5 Å². The molecule has 4 N–H and O–H groups in total. The molecule has 0 saturated heterocycles. The number of nitrogens with zero attached hydrogens (tertiary/aromatic N) is 2. The summed E-state index contributed by atoms with van der Waals surface area (Å²) < 4.78 is 4.80. The van der Waals surface area contributed by atoms with Gasteiger partial charge in [-0.1, -0.05) is 48.5 Å². The van der Waals surface area contributed by atoms with E-state index in [9.17, 15) is 30.2 Å². The fourth-order valence-electron chi connectivity index (χ4n) is 8.33. The lowest BCUT2D eigenvalue weighted by Crippen LogP contribution is -2.53. The summed E-state index contributed by atoms with van der Waals surface area (Å²) in [6.07, 6.45) is 12.3. The molecule has 1 amide bonds. The molecule has 7 unspecified atom stereocenters. The van der Waals surface area contributed by atoms with E-state index in [4.69, 9.17) is 9.57 Å². The average Bonchev–Trinajstić information content (AvgIpc) is 3.21. The smallest absolute Gasteiger partial charge is 0.328 e. The largest absolute Gasteiger partial charge is 0.871 e. The topological polar surface area (TPSA) is 164 Å². The second-order valence-corrected chi connectivity index (χ2v) is 13.2. The number of nitrogens with one attached hydrogen (secondary N) is 1. The van der Waals surface area contributed by atoms with Gasteiger partial charge >= 0.3 is 5.97 Å². The van der Waals surface area contributed by atoms with Gasteiger partial charge in [0.25, 0.3) is 5.91 Å². The lowest BCUT2D eigenvalue weighted by Gasteiger charge is -2.58. The minimum atomic E-state index is -1.10. The van der Waals surface area contributed by atoms with Crippen LogP contribution in [0.15, 0.2) is 47.2 Å². The zero-order chi connectivity index (χ0) is 31.2. The van der Waals surface area contributed by atoms with Crippen molar-refractivity contribution >= 4 is 23.3 Å². The summed E-state index contributed by atoms with van der Waals surface area (Å²) in [5.41, 5.74) is 1.25. The quantitative estimate of drug-likeness (QED) is 0.260. The molecule has 4 aliphatic carbocycles. The minimum Gasteiger partial charge on any atom is -0.871 e. The molecule has 0 spiro atoms. The normalized spacial score (nSPS) is 34.3. The predicted molar refractivity (Wildman–Crippen MR) is 155 cm³/mol. The van der Waals surface area contributed by atoms with Crippen LogP contribution in [0.2, 0.25) is 0 Å². The third-order valence-electron chi connectivity index (χ3n) is 11.0. The van der Waals surface area contributed by atoms with Crippen LogP contribution in [0.5, 0.6) is 5.75 Å². The van der Waals surface area contributed by atoms with Gasteiger partial charge in [-0.05, 0) is 92.4 Å². The lowest BCUT2D eigenvalue weighted by molar-refractivity contribution is -0.268. The van der Waals surface area contributed by atoms with Crippen LogP contribution >= 0.6 is 0 Å². The standard InChI is InChI=1S/C32H43N3O8/c1-30-12-9-21(17-20(30)6-7-22-23(30)10-13-31(2)24(22)11-14-32(31,3)39)34-43-18-28(37)33-25(29(38)42-4)15-19-5-8-27(36)26(16-19)35(40)41/h5,8-9,12,16-17,22-25,36,39-41H,6-7,10-11,13-15,18H2,1-4H3,(H,33,37)/p-1. The van der Waals surface area contributed by atoms with Crippen molar-refractivity contribution in [3.8, 4) is 5.75 Å². The summed E-state index contributed by atoms with van der Waals surface area (Å²) in [6, 6.07) is 2.67. The number of hydrogen-bond acceptors (Lipinski definition) is 10. The first-order valence-corrected chi connectivity index (χ1v) is 15.0. The predicted octanol–water partition coefficient (Wildman–Crippen LogP) is 3.41. The Balaban J connectivity index is 1.20. The number of carbonyl (C=O) groups is 2. The van der Waals surface area contributed by atoms with Crippen LogP contribution in [0.3, 0.4) is 0 Å². The highest BCUT2D eigenvalue weighted by Gasteiger charge is 2.62. The van der Waals surface area contributed by atoms with Gasteiger partial charge < -0.3 is 25.1 Å². The first-order chi connectivity index (χ1) is 20.3. The van der Waals surface area contributed by atoms with E-state index in [1.54, 1.807) is 0 Å². The monoisotopic (exact) mass is 596 g/mol. The second kappa shape index (κ2) is 11.6. The van der Waals surface area contributed by atoms with Gasteiger partial charge in [0.1, 0.15) is 11.8 Å². The molecule has 11 nitrogen and oxygen atoms in total. The summed E-state index contributed by atoms with van der Waals surface area (Å²) in [7, 11) is 1.19. The Labute approximate surface area is 251 Å². The van der Waals surface area contributed by atoms with Gasteiger partial charge in [0, 0.05) is 11.8 Å². The Morgan fingerprint density at radius 2 is 1.91 bits per heavy atom. The molecule has 3 fully saturated rings. The minimum absolute atomic E-state index is 0.0252. The summed E-state index contributed by atoms with van der Waals surface area (Å²) in [5, 5.41) is 47.8. The Morgan fingerprint density at radius 3 is 2.63 bits per heavy atom. The molecule has 0 aliphatic heterocycles. The van der Waals surface area contributed by atoms with Crippen molar-refractivity contribution < 1.29 is 39.8 Å². The van der Waals surface area contributed by atoms with Crippen LogP contribution in [0, 0.1) is 28.6 Å². The van der Waals surface area contributed by atoms with Gasteiger partial charge in [-0.3, -0.25) is 15.2 Å². The van der Waals surface area contributed by atoms with Crippen molar-refractivity contribution in [1.82, 2.24) is 5.32 Å². The van der Waals surface area contributed by atoms with E-state index in [1.165, 1.54) is 24.8 Å². The summed E-state index contributed by atoms with van der Waals surface area (Å²) in [4.78, 5) is 30.3. The number of carbonyl (C=O) groups excluding carboxylic acids is 2. The third kappa shape index (κ3) is 5.65. The number of oxime groups is 1. The molecule has 0 radical (unpaired) electrons. The number of fused-ring (bicyclic) bond motifs is 5. The number of allylic oxidation sites excluding steroid dienone is 4. The third-order valence-corrected chi connectivity index (χ3v) is 11.0. The number of amides is 1.